The molecule has 2 rings (SSSR count). The summed E-state index contributed by atoms with van der Waals surface area (Å²) >= 11 is 1.24. The van der Waals surface area contributed by atoms with Crippen LogP contribution in [-0.2, 0) is 6.42 Å². The van der Waals surface area contributed by atoms with Crippen LogP contribution in [0.1, 0.15) is 31.4 Å². The Morgan fingerprint density at radius 1 is 1.35 bits per heavy atom. The third-order valence-corrected chi connectivity index (χ3v) is 3.68. The van der Waals surface area contributed by atoms with Crippen LogP contribution in [0.4, 0.5) is 0 Å². The number of hydrogen-bond donors (Lipinski definition) is 1. The number of aromatic carboxylic acids is 1. The van der Waals surface area contributed by atoms with Crippen LogP contribution in [0.3, 0.4) is 0 Å². The molecular formula is C13H13NO2S. The highest BCUT2D eigenvalue weighted by molar-refractivity contribution is 7.13. The lowest BCUT2D eigenvalue weighted by molar-refractivity contribution is 0.0702. The fourth-order valence-electron chi connectivity index (χ4n) is 1.58. The van der Waals surface area contributed by atoms with Crippen molar-refractivity contribution in [1.29, 1.82) is 0 Å². The molecule has 0 unspecified atom stereocenters. The fraction of sp³-hybridized carbons (Fsp3) is 0.231. The van der Waals surface area contributed by atoms with E-state index in [2.05, 4.69) is 37.0 Å². The zero-order valence-electron chi connectivity index (χ0n) is 9.73. The second kappa shape index (κ2) is 4.67. The molecule has 0 radical (unpaired) electrons. The molecule has 0 saturated carbocycles. The highest BCUT2D eigenvalue weighted by atomic mass is 32.1. The fourth-order valence-corrected chi connectivity index (χ4v) is 2.37. The molecule has 0 bridgehead atoms. The maximum atomic E-state index is 10.7. The second-order valence-electron chi connectivity index (χ2n) is 4.02. The molecule has 0 aliphatic rings. The summed E-state index contributed by atoms with van der Waals surface area (Å²) in [5.74, 6) is -0.908. The summed E-state index contributed by atoms with van der Waals surface area (Å²) < 4.78 is 0. The number of carboxylic acids is 1. The van der Waals surface area contributed by atoms with Crippen LogP contribution in [0.2, 0.25) is 0 Å². The van der Waals surface area contributed by atoms with E-state index in [9.17, 15) is 4.79 Å². The third kappa shape index (κ3) is 2.71. The summed E-state index contributed by atoms with van der Waals surface area (Å²) in [5, 5.41) is 9.65. The van der Waals surface area contributed by atoms with Gasteiger partial charge in [0.05, 0.1) is 11.2 Å². The van der Waals surface area contributed by atoms with Crippen LogP contribution >= 0.6 is 11.3 Å². The first kappa shape index (κ1) is 11.8. The van der Waals surface area contributed by atoms with Gasteiger partial charge in [0.2, 0.25) is 0 Å². The van der Waals surface area contributed by atoms with E-state index in [-0.39, 0.29) is 0 Å². The van der Waals surface area contributed by atoms with Crippen LogP contribution in [0.5, 0.6) is 0 Å². The van der Waals surface area contributed by atoms with Gasteiger partial charge in [-0.2, -0.15) is 0 Å². The molecule has 0 aliphatic heterocycles. The number of nitrogens with zero attached hydrogens (tertiary/aromatic N) is 1. The normalized spacial score (nSPS) is 10.5. The molecule has 1 heterocycles. The van der Waals surface area contributed by atoms with Gasteiger partial charge in [0.25, 0.3) is 0 Å². The molecule has 0 atom stereocenters. The zero-order chi connectivity index (χ0) is 12.4. The Bertz CT molecular complexity index is 560. The monoisotopic (exact) mass is 247 g/mol. The van der Waals surface area contributed by atoms with Crippen molar-refractivity contribution in [1.82, 2.24) is 4.98 Å². The molecule has 0 spiro atoms. The molecule has 17 heavy (non-hydrogen) atoms. The third-order valence-electron chi connectivity index (χ3n) is 2.69. The number of hydrogen-bond acceptors (Lipinski definition) is 3. The van der Waals surface area contributed by atoms with Crippen molar-refractivity contribution in [3.63, 3.8) is 0 Å². The minimum absolute atomic E-state index is 0.295. The predicted molar refractivity (Wildman–Crippen MR) is 67.8 cm³/mol. The van der Waals surface area contributed by atoms with Crippen LogP contribution in [0, 0.1) is 13.8 Å². The minimum atomic E-state index is -0.908. The molecule has 1 N–H and O–H groups in total. The Hall–Kier alpha value is -1.68. The summed E-state index contributed by atoms with van der Waals surface area (Å²) in [6, 6.07) is 6.26. The Kier molecular flexibility index (Phi) is 3.24. The van der Waals surface area contributed by atoms with Gasteiger partial charge in [-0.3, -0.25) is 0 Å². The lowest BCUT2D eigenvalue weighted by atomic mass is 10.0. The Morgan fingerprint density at radius 2 is 2.12 bits per heavy atom. The van der Waals surface area contributed by atoms with E-state index in [1.54, 1.807) is 0 Å². The van der Waals surface area contributed by atoms with E-state index >= 15 is 0 Å². The summed E-state index contributed by atoms with van der Waals surface area (Å²) in [6.45, 7) is 4.15. The summed E-state index contributed by atoms with van der Waals surface area (Å²) in [7, 11) is 0. The molecule has 0 fully saturated rings. The maximum Gasteiger partial charge on any atom is 0.347 e. The predicted octanol–water partition coefficient (Wildman–Crippen LogP) is 3.05. The van der Waals surface area contributed by atoms with Crippen molar-refractivity contribution in [2.24, 2.45) is 0 Å². The van der Waals surface area contributed by atoms with E-state index in [0.717, 1.165) is 5.01 Å². The van der Waals surface area contributed by atoms with Crippen molar-refractivity contribution >= 4 is 17.3 Å². The molecule has 3 nitrogen and oxygen atoms in total. The Balaban J connectivity index is 2.19. The van der Waals surface area contributed by atoms with Crippen LogP contribution < -0.4 is 0 Å². The molecule has 88 valence electrons. The van der Waals surface area contributed by atoms with Gasteiger partial charge in [0, 0.05) is 6.42 Å². The number of carbonyl (C=O) groups is 1. The first-order valence-corrected chi connectivity index (χ1v) is 6.12. The molecule has 1 aromatic heterocycles. The molecule has 0 saturated heterocycles. The summed E-state index contributed by atoms with van der Waals surface area (Å²) in [5.41, 5.74) is 3.68. The summed E-state index contributed by atoms with van der Waals surface area (Å²) in [4.78, 5) is 15.2. The number of thiazole rings is 1. The van der Waals surface area contributed by atoms with Crippen molar-refractivity contribution in [2.45, 2.75) is 20.3 Å². The zero-order valence-corrected chi connectivity index (χ0v) is 10.5. The van der Waals surface area contributed by atoms with Gasteiger partial charge in [-0.15, -0.1) is 11.3 Å². The second-order valence-corrected chi connectivity index (χ2v) is 5.13. The van der Waals surface area contributed by atoms with Crippen molar-refractivity contribution < 1.29 is 9.90 Å². The molecule has 0 aliphatic carbocycles. The highest BCUT2D eigenvalue weighted by Crippen LogP contribution is 2.18. The highest BCUT2D eigenvalue weighted by Gasteiger charge is 2.09. The number of aromatic nitrogens is 1. The van der Waals surface area contributed by atoms with Gasteiger partial charge in [0.1, 0.15) is 4.88 Å². The van der Waals surface area contributed by atoms with E-state index in [1.165, 1.54) is 34.2 Å². The standard InChI is InChI=1S/C13H13NO2S/c1-8-3-4-10(5-9(8)2)6-12-14-7-11(17-12)13(15)16/h3-5,7H,6H2,1-2H3,(H,15,16). The number of carboxylic acid groups (broad SMARTS) is 1. The number of aryl methyl sites for hydroxylation is 2. The number of rotatable bonds is 3. The topological polar surface area (TPSA) is 50.2 Å². The SMILES string of the molecule is Cc1ccc(Cc2ncc(C(=O)O)s2)cc1C. The lowest BCUT2D eigenvalue weighted by Gasteiger charge is -2.03. The van der Waals surface area contributed by atoms with Gasteiger partial charge in [0.15, 0.2) is 0 Å². The lowest BCUT2D eigenvalue weighted by Crippen LogP contribution is -1.90. The maximum absolute atomic E-state index is 10.7. The first-order chi connectivity index (χ1) is 8.06. The largest absolute Gasteiger partial charge is 0.477 e. The smallest absolute Gasteiger partial charge is 0.347 e. The average Bonchev–Trinajstić information content (AvgIpc) is 2.72. The quantitative estimate of drug-likeness (QED) is 0.906. The van der Waals surface area contributed by atoms with Gasteiger partial charge >= 0.3 is 5.97 Å². The molecule has 1 aromatic carbocycles. The Morgan fingerprint density at radius 3 is 2.71 bits per heavy atom. The van der Waals surface area contributed by atoms with Crippen LogP contribution in [0.25, 0.3) is 0 Å². The van der Waals surface area contributed by atoms with Crippen LogP contribution in [0.15, 0.2) is 24.4 Å². The van der Waals surface area contributed by atoms with E-state index in [4.69, 9.17) is 5.11 Å². The van der Waals surface area contributed by atoms with Crippen molar-refractivity contribution in [3.05, 3.63) is 51.0 Å². The first-order valence-electron chi connectivity index (χ1n) is 5.30. The van der Waals surface area contributed by atoms with E-state index in [0.29, 0.717) is 11.3 Å². The van der Waals surface area contributed by atoms with Gasteiger partial charge in [-0.25, -0.2) is 9.78 Å². The minimum Gasteiger partial charge on any atom is -0.477 e. The van der Waals surface area contributed by atoms with Gasteiger partial charge in [-0.05, 0) is 30.5 Å². The van der Waals surface area contributed by atoms with E-state index in [1.807, 2.05) is 0 Å². The van der Waals surface area contributed by atoms with Gasteiger partial charge in [-0.1, -0.05) is 18.2 Å². The number of benzene rings is 1. The molecule has 4 heteroatoms. The van der Waals surface area contributed by atoms with Crippen molar-refractivity contribution in [3.8, 4) is 0 Å². The van der Waals surface area contributed by atoms with Gasteiger partial charge < -0.3 is 5.11 Å². The average molecular weight is 247 g/mol. The molecular weight excluding hydrogens is 234 g/mol. The molecule has 2 aromatic rings. The summed E-state index contributed by atoms with van der Waals surface area (Å²) in [6.07, 6.45) is 2.11. The molecule has 0 amide bonds. The van der Waals surface area contributed by atoms with E-state index < -0.39 is 5.97 Å². The Labute approximate surface area is 104 Å². The van der Waals surface area contributed by atoms with Crippen molar-refractivity contribution in [2.75, 3.05) is 0 Å². The van der Waals surface area contributed by atoms with Crippen LogP contribution in [-0.4, -0.2) is 16.1 Å².